The number of hydrogen-bond donors (Lipinski definition) is 1. The number of sulfone groups is 1. The van der Waals surface area contributed by atoms with E-state index in [2.05, 4.69) is 15.3 Å². The largest absolute Gasteiger partial charge is 0.341 e. The van der Waals surface area contributed by atoms with Gasteiger partial charge in [0.1, 0.15) is 4.90 Å². The van der Waals surface area contributed by atoms with Crippen LogP contribution in [0.1, 0.15) is 38.3 Å². The van der Waals surface area contributed by atoms with E-state index in [4.69, 9.17) is 0 Å². The van der Waals surface area contributed by atoms with E-state index in [0.29, 0.717) is 11.6 Å². The van der Waals surface area contributed by atoms with Crippen molar-refractivity contribution < 1.29 is 8.42 Å². The minimum Gasteiger partial charge on any atom is -0.341 e. The van der Waals surface area contributed by atoms with Gasteiger partial charge in [-0.15, -0.1) is 0 Å². The molecule has 1 saturated heterocycles. The van der Waals surface area contributed by atoms with Crippen LogP contribution in [0.3, 0.4) is 0 Å². The smallest absolute Gasteiger partial charge is 0.225 e. The molecule has 0 amide bonds. The van der Waals surface area contributed by atoms with Crippen molar-refractivity contribution in [3.05, 3.63) is 11.9 Å². The average Bonchev–Trinajstić information content (AvgIpc) is 2.48. The Morgan fingerprint density at radius 1 is 1.38 bits per heavy atom. The third kappa shape index (κ3) is 3.71. The highest BCUT2D eigenvalue weighted by molar-refractivity contribution is 7.90. The Labute approximate surface area is 126 Å². The molecule has 21 heavy (non-hydrogen) atoms. The Hall–Kier alpha value is -1.21. The maximum absolute atomic E-state index is 12.0. The summed E-state index contributed by atoms with van der Waals surface area (Å²) in [6, 6.07) is 0. The van der Waals surface area contributed by atoms with Gasteiger partial charge in [-0.25, -0.2) is 18.4 Å². The molecule has 1 fully saturated rings. The van der Waals surface area contributed by atoms with Gasteiger partial charge in [-0.1, -0.05) is 0 Å². The molecule has 0 aromatic carbocycles. The van der Waals surface area contributed by atoms with Crippen molar-refractivity contribution in [2.75, 3.05) is 37.3 Å². The fourth-order valence-electron chi connectivity index (χ4n) is 2.70. The number of nitrogens with zero attached hydrogens (tertiary/aromatic N) is 3. The summed E-state index contributed by atoms with van der Waals surface area (Å²) < 4.78 is 24.0. The topological polar surface area (TPSA) is 75.2 Å². The van der Waals surface area contributed by atoms with Gasteiger partial charge in [0.25, 0.3) is 0 Å². The van der Waals surface area contributed by atoms with E-state index in [0.717, 1.165) is 39.0 Å². The molecule has 0 bridgehead atoms. The van der Waals surface area contributed by atoms with Gasteiger partial charge in [0.15, 0.2) is 9.84 Å². The third-order valence-corrected chi connectivity index (χ3v) is 5.01. The molecule has 0 spiro atoms. The van der Waals surface area contributed by atoms with Crippen LogP contribution in [0.2, 0.25) is 0 Å². The minimum atomic E-state index is -3.31. The summed E-state index contributed by atoms with van der Waals surface area (Å²) in [5.74, 6) is 0.758. The maximum Gasteiger partial charge on any atom is 0.225 e. The highest BCUT2D eigenvalue weighted by Gasteiger charge is 2.25. The van der Waals surface area contributed by atoms with E-state index in [1.165, 1.54) is 12.5 Å². The predicted molar refractivity (Wildman–Crippen MR) is 83.5 cm³/mol. The van der Waals surface area contributed by atoms with Crippen LogP contribution in [0.4, 0.5) is 5.95 Å². The van der Waals surface area contributed by atoms with Gasteiger partial charge in [0.05, 0.1) is 11.9 Å². The van der Waals surface area contributed by atoms with E-state index in [1.54, 1.807) is 0 Å². The first-order valence-electron chi connectivity index (χ1n) is 7.50. The summed E-state index contributed by atoms with van der Waals surface area (Å²) >= 11 is 0. The Kier molecular flexibility index (Phi) is 5.16. The van der Waals surface area contributed by atoms with Gasteiger partial charge in [0.2, 0.25) is 5.95 Å². The summed E-state index contributed by atoms with van der Waals surface area (Å²) in [6.07, 6.45) is 4.70. The maximum atomic E-state index is 12.0. The molecule has 1 aliphatic rings. The molecule has 118 valence electrons. The molecule has 0 saturated carbocycles. The average molecular weight is 312 g/mol. The van der Waals surface area contributed by atoms with Crippen molar-refractivity contribution in [2.45, 2.75) is 37.5 Å². The van der Waals surface area contributed by atoms with Crippen LogP contribution in [0.5, 0.6) is 0 Å². The van der Waals surface area contributed by atoms with Crippen molar-refractivity contribution in [1.82, 2.24) is 15.3 Å². The Morgan fingerprint density at radius 3 is 2.62 bits per heavy atom. The molecule has 2 heterocycles. The molecule has 7 heteroatoms. The van der Waals surface area contributed by atoms with E-state index in [1.807, 2.05) is 18.7 Å². The van der Waals surface area contributed by atoms with Gasteiger partial charge in [-0.05, 0) is 33.2 Å². The fourth-order valence-corrected chi connectivity index (χ4v) is 3.53. The first-order valence-corrected chi connectivity index (χ1v) is 9.39. The van der Waals surface area contributed by atoms with Crippen molar-refractivity contribution in [3.63, 3.8) is 0 Å². The Bertz CT molecular complexity index is 579. The summed E-state index contributed by atoms with van der Waals surface area (Å²) in [4.78, 5) is 11.2. The first-order chi connectivity index (χ1) is 9.97. The fraction of sp³-hybridized carbons (Fsp3) is 0.714. The number of piperidine rings is 1. The number of hydrogen-bond acceptors (Lipinski definition) is 6. The lowest BCUT2D eigenvalue weighted by molar-refractivity contribution is 0.447. The normalized spacial score (nSPS) is 19.5. The van der Waals surface area contributed by atoms with Crippen molar-refractivity contribution >= 4 is 15.8 Å². The van der Waals surface area contributed by atoms with Crippen molar-refractivity contribution in [2.24, 2.45) is 0 Å². The number of aromatic nitrogens is 2. The van der Waals surface area contributed by atoms with Crippen LogP contribution in [-0.2, 0) is 9.84 Å². The van der Waals surface area contributed by atoms with Crippen LogP contribution < -0.4 is 10.2 Å². The summed E-state index contributed by atoms with van der Waals surface area (Å²) in [7, 11) is -3.31. The quantitative estimate of drug-likeness (QED) is 0.880. The highest BCUT2D eigenvalue weighted by Crippen LogP contribution is 2.28. The lowest BCUT2D eigenvalue weighted by atomic mass is 9.96. The second-order valence-electron chi connectivity index (χ2n) is 5.41. The molecular formula is C14H24N4O2S. The van der Waals surface area contributed by atoms with Crippen LogP contribution >= 0.6 is 0 Å². The van der Waals surface area contributed by atoms with E-state index in [-0.39, 0.29) is 10.8 Å². The summed E-state index contributed by atoms with van der Waals surface area (Å²) in [5, 5.41) is 3.32. The molecular weight excluding hydrogens is 288 g/mol. The molecule has 1 atom stereocenters. The molecule has 1 N–H and O–H groups in total. The highest BCUT2D eigenvalue weighted by atomic mass is 32.2. The zero-order chi connectivity index (χ0) is 15.5. The molecule has 6 nitrogen and oxygen atoms in total. The van der Waals surface area contributed by atoms with Gasteiger partial charge >= 0.3 is 0 Å². The van der Waals surface area contributed by atoms with Gasteiger partial charge in [-0.2, -0.15) is 0 Å². The standard InChI is InChI=1S/C14H24N4O2S/c1-4-18(5-2)14-16-10-12(21(3,19)20)13(17-14)11-7-6-8-15-9-11/h10-11,15H,4-9H2,1-3H3/t11-/m1/s1. The van der Waals surface area contributed by atoms with Crippen LogP contribution in [0.25, 0.3) is 0 Å². The van der Waals surface area contributed by atoms with Crippen molar-refractivity contribution in [1.29, 1.82) is 0 Å². The summed E-state index contributed by atoms with van der Waals surface area (Å²) in [6.45, 7) is 7.45. The van der Waals surface area contributed by atoms with E-state index < -0.39 is 9.84 Å². The number of nitrogens with one attached hydrogen (secondary N) is 1. The minimum absolute atomic E-state index is 0.140. The molecule has 1 aromatic rings. The van der Waals surface area contributed by atoms with Crippen LogP contribution in [-0.4, -0.2) is 50.8 Å². The zero-order valence-electron chi connectivity index (χ0n) is 13.0. The van der Waals surface area contributed by atoms with Crippen LogP contribution in [0.15, 0.2) is 11.1 Å². The molecule has 1 aliphatic heterocycles. The molecule has 0 unspecified atom stereocenters. The van der Waals surface area contributed by atoms with Gasteiger partial charge < -0.3 is 10.2 Å². The Balaban J connectivity index is 2.47. The molecule has 1 aromatic heterocycles. The third-order valence-electron chi connectivity index (χ3n) is 3.90. The Morgan fingerprint density at radius 2 is 2.10 bits per heavy atom. The van der Waals surface area contributed by atoms with E-state index >= 15 is 0 Å². The first kappa shape index (κ1) is 16.2. The van der Waals surface area contributed by atoms with Crippen molar-refractivity contribution in [3.8, 4) is 0 Å². The predicted octanol–water partition coefficient (Wildman–Crippen LogP) is 1.19. The second kappa shape index (κ2) is 6.70. The lowest BCUT2D eigenvalue weighted by Gasteiger charge is -2.26. The molecule has 0 aliphatic carbocycles. The number of anilines is 1. The van der Waals surface area contributed by atoms with Gasteiger partial charge in [0, 0.05) is 31.8 Å². The second-order valence-corrected chi connectivity index (χ2v) is 7.39. The lowest BCUT2D eigenvalue weighted by Crippen LogP contribution is -2.31. The van der Waals surface area contributed by atoms with Gasteiger partial charge in [-0.3, -0.25) is 0 Å². The summed E-state index contributed by atoms with van der Waals surface area (Å²) in [5.41, 5.74) is 0.668. The van der Waals surface area contributed by atoms with E-state index in [9.17, 15) is 8.42 Å². The molecule has 2 rings (SSSR count). The number of rotatable bonds is 5. The zero-order valence-corrected chi connectivity index (χ0v) is 13.8. The van der Waals surface area contributed by atoms with Crippen LogP contribution in [0, 0.1) is 0 Å². The SMILES string of the molecule is CCN(CC)c1ncc(S(C)(=O)=O)c([C@@H]2CCCNC2)n1. The molecule has 0 radical (unpaired) electrons. The monoisotopic (exact) mass is 312 g/mol.